The summed E-state index contributed by atoms with van der Waals surface area (Å²) in [6, 6.07) is 7.20. The molecule has 3 aromatic rings. The quantitative estimate of drug-likeness (QED) is 0.780. The number of carboxylic acid groups (broad SMARTS) is 1. The number of rotatable bonds is 5. The fourth-order valence-electron chi connectivity index (χ4n) is 2.53. The highest BCUT2D eigenvalue weighted by atomic mass is 16.4. The summed E-state index contributed by atoms with van der Waals surface area (Å²) in [6.07, 6.45) is 5.43. The number of aromatic carboxylic acids is 1. The Bertz CT molecular complexity index is 786. The number of furan rings is 1. The summed E-state index contributed by atoms with van der Waals surface area (Å²) >= 11 is 0. The van der Waals surface area contributed by atoms with Gasteiger partial charge in [-0.2, -0.15) is 0 Å². The van der Waals surface area contributed by atoms with Crippen LogP contribution in [0.1, 0.15) is 35.3 Å². The molecular weight excluding hydrogens is 268 g/mol. The molecule has 1 aromatic carbocycles. The van der Waals surface area contributed by atoms with Crippen LogP contribution in [0.5, 0.6) is 0 Å². The smallest absolute Gasteiger partial charge is 0.339 e. The maximum atomic E-state index is 11.6. The zero-order valence-corrected chi connectivity index (χ0v) is 11.7. The molecule has 0 fully saturated rings. The fourth-order valence-corrected chi connectivity index (χ4v) is 2.53. The molecule has 1 N–H and O–H groups in total. The van der Waals surface area contributed by atoms with Crippen LogP contribution in [0, 0.1) is 0 Å². The Morgan fingerprint density at radius 3 is 2.95 bits per heavy atom. The molecule has 0 amide bonds. The van der Waals surface area contributed by atoms with Crippen molar-refractivity contribution in [2.75, 3.05) is 0 Å². The van der Waals surface area contributed by atoms with Crippen LogP contribution in [0.2, 0.25) is 0 Å². The van der Waals surface area contributed by atoms with E-state index in [4.69, 9.17) is 4.42 Å². The number of fused-ring (bicyclic) bond motifs is 1. The lowest BCUT2D eigenvalue weighted by Gasteiger charge is -2.05. The maximum absolute atomic E-state index is 11.6. The lowest BCUT2D eigenvalue weighted by Crippen LogP contribution is -2.07. The van der Waals surface area contributed by atoms with Gasteiger partial charge in [0.1, 0.15) is 22.7 Å². The Balaban J connectivity index is 2.05. The van der Waals surface area contributed by atoms with Gasteiger partial charge in [-0.25, -0.2) is 9.78 Å². The van der Waals surface area contributed by atoms with Crippen molar-refractivity contribution in [3.05, 3.63) is 53.8 Å². The molecule has 21 heavy (non-hydrogen) atoms. The predicted molar refractivity (Wildman–Crippen MR) is 78.5 cm³/mol. The molecule has 0 saturated carbocycles. The first-order valence-corrected chi connectivity index (χ1v) is 6.94. The van der Waals surface area contributed by atoms with E-state index in [2.05, 4.69) is 11.9 Å². The van der Waals surface area contributed by atoms with Crippen molar-refractivity contribution in [2.24, 2.45) is 0 Å². The minimum absolute atomic E-state index is 0.238. The standard InChI is InChI=1S/C16H16N2O3/c1-2-5-14-17-8-9-18(14)10-13-15(16(19)20)11-6-3-4-7-12(11)21-13/h3-4,6-9H,2,5,10H2,1H3,(H,19,20). The van der Waals surface area contributed by atoms with Gasteiger partial charge in [-0.1, -0.05) is 25.1 Å². The molecule has 3 rings (SSSR count). The van der Waals surface area contributed by atoms with E-state index in [1.807, 2.05) is 22.9 Å². The lowest BCUT2D eigenvalue weighted by atomic mass is 10.1. The van der Waals surface area contributed by atoms with Crippen LogP contribution in [-0.2, 0) is 13.0 Å². The molecule has 2 aromatic heterocycles. The van der Waals surface area contributed by atoms with E-state index in [-0.39, 0.29) is 5.56 Å². The van der Waals surface area contributed by atoms with Crippen LogP contribution in [0.25, 0.3) is 11.0 Å². The average molecular weight is 284 g/mol. The molecule has 0 aliphatic heterocycles. The van der Waals surface area contributed by atoms with Gasteiger partial charge in [0.2, 0.25) is 0 Å². The van der Waals surface area contributed by atoms with Gasteiger partial charge < -0.3 is 14.1 Å². The summed E-state index contributed by atoms with van der Waals surface area (Å²) < 4.78 is 7.68. The van der Waals surface area contributed by atoms with E-state index in [1.165, 1.54) is 0 Å². The Kier molecular flexibility index (Phi) is 3.48. The van der Waals surface area contributed by atoms with E-state index in [9.17, 15) is 9.90 Å². The summed E-state index contributed by atoms with van der Waals surface area (Å²) in [5, 5.41) is 10.1. The number of hydrogen-bond acceptors (Lipinski definition) is 3. The molecule has 108 valence electrons. The Labute approximate surface area is 121 Å². The summed E-state index contributed by atoms with van der Waals surface area (Å²) in [7, 11) is 0. The highest BCUT2D eigenvalue weighted by Gasteiger charge is 2.20. The Morgan fingerprint density at radius 1 is 1.38 bits per heavy atom. The Hall–Kier alpha value is -2.56. The van der Waals surface area contributed by atoms with Gasteiger partial charge in [-0.15, -0.1) is 0 Å². The molecule has 0 bridgehead atoms. The molecule has 0 spiro atoms. The van der Waals surface area contributed by atoms with Gasteiger partial charge in [-0.05, 0) is 12.5 Å². The van der Waals surface area contributed by atoms with Gasteiger partial charge in [0.25, 0.3) is 0 Å². The number of carbonyl (C=O) groups is 1. The zero-order chi connectivity index (χ0) is 14.8. The highest BCUT2D eigenvalue weighted by molar-refractivity contribution is 6.03. The summed E-state index contributed by atoms with van der Waals surface area (Å²) in [6.45, 7) is 2.47. The van der Waals surface area contributed by atoms with Crippen LogP contribution >= 0.6 is 0 Å². The maximum Gasteiger partial charge on any atom is 0.339 e. The predicted octanol–water partition coefficient (Wildman–Crippen LogP) is 3.33. The Morgan fingerprint density at radius 2 is 2.19 bits per heavy atom. The van der Waals surface area contributed by atoms with Crippen molar-refractivity contribution in [3.63, 3.8) is 0 Å². The molecular formula is C16H16N2O3. The van der Waals surface area contributed by atoms with Crippen molar-refractivity contribution in [1.82, 2.24) is 9.55 Å². The van der Waals surface area contributed by atoms with Crippen molar-refractivity contribution >= 4 is 16.9 Å². The molecule has 0 aliphatic carbocycles. The van der Waals surface area contributed by atoms with E-state index < -0.39 is 5.97 Å². The van der Waals surface area contributed by atoms with Gasteiger partial charge in [-0.3, -0.25) is 0 Å². The number of carboxylic acids is 1. The second-order valence-electron chi connectivity index (χ2n) is 4.92. The molecule has 2 heterocycles. The third-order valence-electron chi connectivity index (χ3n) is 3.47. The van der Waals surface area contributed by atoms with Crippen molar-refractivity contribution in [3.8, 4) is 0 Å². The van der Waals surface area contributed by atoms with Crippen LogP contribution in [-0.4, -0.2) is 20.6 Å². The normalized spacial score (nSPS) is 11.1. The highest BCUT2D eigenvalue weighted by Crippen LogP contribution is 2.26. The second-order valence-corrected chi connectivity index (χ2v) is 4.92. The average Bonchev–Trinajstić information content (AvgIpc) is 3.03. The van der Waals surface area contributed by atoms with Crippen LogP contribution in [0.4, 0.5) is 0 Å². The monoisotopic (exact) mass is 284 g/mol. The lowest BCUT2D eigenvalue weighted by molar-refractivity contribution is 0.0696. The number of hydrogen-bond donors (Lipinski definition) is 1. The number of benzene rings is 1. The first-order valence-electron chi connectivity index (χ1n) is 6.94. The van der Waals surface area contributed by atoms with Gasteiger partial charge in [0.15, 0.2) is 0 Å². The molecule has 0 aliphatic rings. The number of aromatic nitrogens is 2. The minimum atomic E-state index is -0.966. The van der Waals surface area contributed by atoms with Crippen LogP contribution in [0.3, 0.4) is 0 Å². The molecule has 0 saturated heterocycles. The SMILES string of the molecule is CCCc1nccn1Cc1oc2ccccc2c1C(=O)O. The van der Waals surface area contributed by atoms with E-state index in [0.717, 1.165) is 18.7 Å². The van der Waals surface area contributed by atoms with Crippen LogP contribution in [0.15, 0.2) is 41.1 Å². The van der Waals surface area contributed by atoms with E-state index in [1.54, 1.807) is 18.3 Å². The van der Waals surface area contributed by atoms with E-state index in [0.29, 0.717) is 23.3 Å². The molecule has 0 atom stereocenters. The third-order valence-corrected chi connectivity index (χ3v) is 3.47. The summed E-state index contributed by atoms with van der Waals surface area (Å²) in [5.74, 6) is 0.431. The summed E-state index contributed by atoms with van der Waals surface area (Å²) in [5.41, 5.74) is 0.837. The fraction of sp³-hybridized carbons (Fsp3) is 0.250. The van der Waals surface area contributed by atoms with Gasteiger partial charge in [0, 0.05) is 24.2 Å². The van der Waals surface area contributed by atoms with Gasteiger partial charge in [0.05, 0.1) is 6.54 Å². The van der Waals surface area contributed by atoms with Crippen molar-refractivity contribution in [2.45, 2.75) is 26.3 Å². The number of aryl methyl sites for hydroxylation is 1. The second kappa shape index (κ2) is 5.44. The van der Waals surface area contributed by atoms with Crippen LogP contribution < -0.4 is 0 Å². The van der Waals surface area contributed by atoms with Gasteiger partial charge >= 0.3 is 5.97 Å². The zero-order valence-electron chi connectivity index (χ0n) is 11.7. The number of nitrogens with zero attached hydrogens (tertiary/aromatic N) is 2. The molecule has 0 unspecified atom stereocenters. The summed E-state index contributed by atoms with van der Waals surface area (Å²) in [4.78, 5) is 15.9. The molecule has 0 radical (unpaired) electrons. The minimum Gasteiger partial charge on any atom is -0.478 e. The number of imidazole rings is 1. The molecule has 5 nitrogen and oxygen atoms in total. The number of para-hydroxylation sites is 1. The third kappa shape index (κ3) is 2.42. The van der Waals surface area contributed by atoms with Crippen molar-refractivity contribution in [1.29, 1.82) is 0 Å². The topological polar surface area (TPSA) is 68.3 Å². The largest absolute Gasteiger partial charge is 0.478 e. The molecule has 5 heteroatoms. The van der Waals surface area contributed by atoms with E-state index >= 15 is 0 Å². The first kappa shape index (κ1) is 13.4. The van der Waals surface area contributed by atoms with Crippen molar-refractivity contribution < 1.29 is 14.3 Å². The first-order chi connectivity index (χ1) is 10.2.